The fraction of sp³-hybridized carbons (Fsp3) is 0.211. The number of ketones is 1. The van der Waals surface area contributed by atoms with Crippen molar-refractivity contribution < 1.29 is 19.0 Å². The van der Waals surface area contributed by atoms with Gasteiger partial charge in [0.25, 0.3) is 0 Å². The number of methoxy groups -OCH3 is 3. The number of allylic oxidation sites excluding steroid dienone is 1. The Labute approximate surface area is 141 Å². The summed E-state index contributed by atoms with van der Waals surface area (Å²) in [7, 11) is 4.55. The standard InChI is InChI=1S/C19H21NO4/c1-13-5-7-15(8-6-13)20-10-9-16(21)14-11-17(22-2)19(24-4)18(12-14)23-3/h5-12,20H,1-4H3. The van der Waals surface area contributed by atoms with Gasteiger partial charge in [-0.2, -0.15) is 0 Å². The van der Waals surface area contributed by atoms with Crippen LogP contribution in [-0.4, -0.2) is 27.1 Å². The van der Waals surface area contributed by atoms with Gasteiger partial charge in [-0.05, 0) is 31.2 Å². The lowest BCUT2D eigenvalue weighted by Gasteiger charge is -2.13. The Morgan fingerprint density at radius 2 is 1.54 bits per heavy atom. The number of nitrogens with one attached hydrogen (secondary N) is 1. The topological polar surface area (TPSA) is 56.8 Å². The number of anilines is 1. The number of ether oxygens (including phenoxy) is 3. The summed E-state index contributed by atoms with van der Waals surface area (Å²) in [6.07, 6.45) is 3.07. The minimum atomic E-state index is -0.172. The van der Waals surface area contributed by atoms with Gasteiger partial charge in [-0.15, -0.1) is 0 Å². The van der Waals surface area contributed by atoms with Gasteiger partial charge in [0.1, 0.15) is 0 Å². The summed E-state index contributed by atoms with van der Waals surface area (Å²) in [5, 5.41) is 3.06. The zero-order valence-corrected chi connectivity index (χ0v) is 14.3. The molecule has 0 heterocycles. The molecule has 0 aromatic heterocycles. The number of benzene rings is 2. The van der Waals surface area contributed by atoms with Gasteiger partial charge in [0.2, 0.25) is 5.75 Å². The molecule has 1 N–H and O–H groups in total. The SMILES string of the molecule is COc1cc(C(=O)C=CNc2ccc(C)cc2)cc(OC)c1OC. The van der Waals surface area contributed by atoms with E-state index in [0.29, 0.717) is 22.8 Å². The van der Waals surface area contributed by atoms with Crippen LogP contribution in [-0.2, 0) is 0 Å². The van der Waals surface area contributed by atoms with E-state index in [1.165, 1.54) is 33.0 Å². The molecule has 0 aliphatic rings. The minimum absolute atomic E-state index is 0.172. The molecular formula is C19H21NO4. The third-order valence-corrected chi connectivity index (χ3v) is 3.49. The Morgan fingerprint density at radius 1 is 0.958 bits per heavy atom. The van der Waals surface area contributed by atoms with Gasteiger partial charge in [0, 0.05) is 23.5 Å². The molecule has 2 rings (SSSR count). The Bertz CT molecular complexity index is 711. The molecule has 0 aliphatic carbocycles. The van der Waals surface area contributed by atoms with Crippen LogP contribution < -0.4 is 19.5 Å². The highest BCUT2D eigenvalue weighted by Gasteiger charge is 2.15. The molecule has 0 fully saturated rings. The Hall–Kier alpha value is -2.95. The molecule has 126 valence electrons. The Kier molecular flexibility index (Phi) is 5.84. The summed E-state index contributed by atoms with van der Waals surface area (Å²) in [4.78, 5) is 12.3. The van der Waals surface area contributed by atoms with Crippen molar-refractivity contribution in [1.82, 2.24) is 0 Å². The van der Waals surface area contributed by atoms with Crippen LogP contribution in [0.2, 0.25) is 0 Å². The number of aryl methyl sites for hydroxylation is 1. The highest BCUT2D eigenvalue weighted by Crippen LogP contribution is 2.38. The maximum atomic E-state index is 12.3. The monoisotopic (exact) mass is 327 g/mol. The second-order valence-corrected chi connectivity index (χ2v) is 5.12. The fourth-order valence-electron chi connectivity index (χ4n) is 2.18. The van der Waals surface area contributed by atoms with E-state index < -0.39 is 0 Å². The summed E-state index contributed by atoms with van der Waals surface area (Å²) < 4.78 is 15.8. The van der Waals surface area contributed by atoms with Crippen LogP contribution in [0.15, 0.2) is 48.7 Å². The summed E-state index contributed by atoms with van der Waals surface area (Å²) in [5.74, 6) is 1.17. The molecule has 0 saturated heterocycles. The zero-order valence-electron chi connectivity index (χ0n) is 14.3. The maximum Gasteiger partial charge on any atom is 0.203 e. The van der Waals surface area contributed by atoms with Crippen molar-refractivity contribution >= 4 is 11.5 Å². The van der Waals surface area contributed by atoms with Crippen molar-refractivity contribution in [3.05, 3.63) is 59.8 Å². The first-order valence-corrected chi connectivity index (χ1v) is 7.43. The number of carbonyl (C=O) groups is 1. The fourth-order valence-corrected chi connectivity index (χ4v) is 2.18. The molecule has 0 atom stereocenters. The van der Waals surface area contributed by atoms with Crippen LogP contribution in [0.3, 0.4) is 0 Å². The predicted molar refractivity (Wildman–Crippen MR) is 94.4 cm³/mol. The van der Waals surface area contributed by atoms with Gasteiger partial charge >= 0.3 is 0 Å². The summed E-state index contributed by atoms with van der Waals surface area (Å²) in [5.41, 5.74) is 2.54. The van der Waals surface area contributed by atoms with E-state index >= 15 is 0 Å². The highest BCUT2D eigenvalue weighted by molar-refractivity contribution is 6.05. The molecule has 0 radical (unpaired) electrons. The van der Waals surface area contributed by atoms with E-state index in [-0.39, 0.29) is 5.78 Å². The van der Waals surface area contributed by atoms with E-state index in [9.17, 15) is 4.79 Å². The van der Waals surface area contributed by atoms with Crippen LogP contribution in [0, 0.1) is 6.92 Å². The maximum absolute atomic E-state index is 12.3. The average Bonchev–Trinajstić information content (AvgIpc) is 2.61. The molecule has 5 nitrogen and oxygen atoms in total. The first kappa shape index (κ1) is 17.4. The van der Waals surface area contributed by atoms with Gasteiger partial charge in [0.15, 0.2) is 17.3 Å². The summed E-state index contributed by atoms with van der Waals surface area (Å²) in [6.45, 7) is 2.02. The van der Waals surface area contributed by atoms with Gasteiger partial charge in [-0.3, -0.25) is 4.79 Å². The molecule has 0 aliphatic heterocycles. The van der Waals surface area contributed by atoms with Crippen molar-refractivity contribution in [1.29, 1.82) is 0 Å². The number of rotatable bonds is 7. The second-order valence-electron chi connectivity index (χ2n) is 5.12. The number of carbonyl (C=O) groups excluding carboxylic acids is 1. The molecule has 0 bridgehead atoms. The lowest BCUT2D eigenvalue weighted by Crippen LogP contribution is -2.01. The highest BCUT2D eigenvalue weighted by atomic mass is 16.5. The lowest BCUT2D eigenvalue weighted by atomic mass is 10.1. The third kappa shape index (κ3) is 4.07. The molecule has 0 amide bonds. The van der Waals surface area contributed by atoms with Crippen LogP contribution in [0.25, 0.3) is 0 Å². The zero-order chi connectivity index (χ0) is 17.5. The average molecular weight is 327 g/mol. The lowest BCUT2D eigenvalue weighted by molar-refractivity contribution is 0.104. The van der Waals surface area contributed by atoms with Crippen molar-refractivity contribution in [3.8, 4) is 17.2 Å². The van der Waals surface area contributed by atoms with Crippen molar-refractivity contribution in [2.24, 2.45) is 0 Å². The molecule has 2 aromatic carbocycles. The van der Waals surface area contributed by atoms with Gasteiger partial charge in [-0.1, -0.05) is 17.7 Å². The minimum Gasteiger partial charge on any atom is -0.493 e. The van der Waals surface area contributed by atoms with E-state index in [1.807, 2.05) is 31.2 Å². The molecule has 0 saturated carbocycles. The van der Waals surface area contributed by atoms with E-state index in [2.05, 4.69) is 5.32 Å². The second kappa shape index (κ2) is 8.06. The van der Waals surface area contributed by atoms with Gasteiger partial charge in [0.05, 0.1) is 21.3 Å². The molecule has 0 spiro atoms. The molecular weight excluding hydrogens is 306 g/mol. The summed E-state index contributed by atoms with van der Waals surface area (Å²) >= 11 is 0. The largest absolute Gasteiger partial charge is 0.493 e. The van der Waals surface area contributed by atoms with Gasteiger partial charge < -0.3 is 19.5 Å². The van der Waals surface area contributed by atoms with E-state index in [0.717, 1.165) is 5.69 Å². The van der Waals surface area contributed by atoms with Crippen LogP contribution >= 0.6 is 0 Å². The van der Waals surface area contributed by atoms with Crippen molar-refractivity contribution in [2.45, 2.75) is 6.92 Å². The molecule has 5 heteroatoms. The molecule has 0 unspecified atom stereocenters. The van der Waals surface area contributed by atoms with Crippen LogP contribution in [0.5, 0.6) is 17.2 Å². The van der Waals surface area contributed by atoms with Crippen LogP contribution in [0.1, 0.15) is 15.9 Å². The quantitative estimate of drug-likeness (QED) is 0.619. The molecule has 2 aromatic rings. The Morgan fingerprint density at radius 3 is 2.04 bits per heavy atom. The van der Waals surface area contributed by atoms with Crippen molar-refractivity contribution in [3.63, 3.8) is 0 Å². The normalized spacial score (nSPS) is 10.5. The van der Waals surface area contributed by atoms with Gasteiger partial charge in [-0.25, -0.2) is 0 Å². The van der Waals surface area contributed by atoms with Crippen molar-refractivity contribution in [2.75, 3.05) is 26.6 Å². The third-order valence-electron chi connectivity index (χ3n) is 3.49. The van der Waals surface area contributed by atoms with E-state index in [4.69, 9.17) is 14.2 Å². The molecule has 24 heavy (non-hydrogen) atoms. The van der Waals surface area contributed by atoms with Crippen LogP contribution in [0.4, 0.5) is 5.69 Å². The summed E-state index contributed by atoms with van der Waals surface area (Å²) in [6, 6.07) is 11.1. The first-order valence-electron chi connectivity index (χ1n) is 7.43. The predicted octanol–water partition coefficient (Wildman–Crippen LogP) is 3.83. The van der Waals surface area contributed by atoms with E-state index in [1.54, 1.807) is 18.3 Å². The smallest absolute Gasteiger partial charge is 0.203 e. The number of hydrogen-bond donors (Lipinski definition) is 1. The first-order chi connectivity index (χ1) is 11.6. The Balaban J connectivity index is 2.16. The number of hydrogen-bond acceptors (Lipinski definition) is 5.